The fraction of sp³-hybridized carbons (Fsp3) is 0.909. The molecule has 1 N–H and O–H groups in total. The molecule has 1 fully saturated rings. The average Bonchev–Trinajstić information content (AvgIpc) is 2.77. The van der Waals surface area contributed by atoms with E-state index >= 15 is 0 Å². The maximum Gasteiger partial charge on any atom is 0.165 e. The summed E-state index contributed by atoms with van der Waals surface area (Å²) in [5.41, 5.74) is 0. The minimum absolute atomic E-state index is 0.123. The molecule has 6 heteroatoms. The van der Waals surface area contributed by atoms with Crippen LogP contribution in [0, 0.1) is 0 Å². The van der Waals surface area contributed by atoms with Crippen LogP contribution < -0.4 is 0 Å². The molecule has 0 unspecified atom stereocenters. The summed E-state index contributed by atoms with van der Waals surface area (Å²) in [6.45, 7) is 5.72. The van der Waals surface area contributed by atoms with Gasteiger partial charge >= 0.3 is 0 Å². The Hall–Kier alpha value is -1.01. The van der Waals surface area contributed by atoms with Gasteiger partial charge in [-0.2, -0.15) is 0 Å². The van der Waals surface area contributed by atoms with E-state index in [0.29, 0.717) is 0 Å². The van der Waals surface area contributed by atoms with Crippen molar-refractivity contribution in [2.24, 2.45) is 0 Å². The summed E-state index contributed by atoms with van der Waals surface area (Å²) in [6.07, 6.45) is 3.85. The Morgan fingerprint density at radius 1 is 1.35 bits per heavy atom. The van der Waals surface area contributed by atoms with Crippen molar-refractivity contribution in [3.05, 3.63) is 5.82 Å². The normalized spacial score (nSPS) is 18.7. The van der Waals surface area contributed by atoms with Crippen molar-refractivity contribution in [3.8, 4) is 0 Å². The lowest BCUT2D eigenvalue weighted by molar-refractivity contribution is 0.0773. The van der Waals surface area contributed by atoms with Crippen LogP contribution in [-0.4, -0.2) is 49.4 Å². The number of nitrogens with zero attached hydrogens (tertiary/aromatic N) is 5. The topological polar surface area (TPSA) is 67.1 Å². The first-order valence-electron chi connectivity index (χ1n) is 6.45. The Labute approximate surface area is 102 Å². The first-order valence-corrected chi connectivity index (χ1v) is 6.45. The Balaban J connectivity index is 1.87. The monoisotopic (exact) mass is 239 g/mol. The molecule has 0 atom stereocenters. The van der Waals surface area contributed by atoms with Gasteiger partial charge in [-0.25, -0.2) is 4.68 Å². The van der Waals surface area contributed by atoms with Crippen molar-refractivity contribution in [1.29, 1.82) is 0 Å². The number of rotatable bonds is 5. The summed E-state index contributed by atoms with van der Waals surface area (Å²) >= 11 is 0. The van der Waals surface area contributed by atoms with E-state index in [4.69, 9.17) is 0 Å². The maximum atomic E-state index is 9.45. The molecule has 0 radical (unpaired) electrons. The predicted molar refractivity (Wildman–Crippen MR) is 63.2 cm³/mol. The molecule has 1 aromatic heterocycles. The van der Waals surface area contributed by atoms with Crippen LogP contribution in [-0.2, 0) is 13.1 Å². The lowest BCUT2D eigenvalue weighted by atomic mass is 10.1. The number of hydrogen-bond donors (Lipinski definition) is 1. The molecule has 1 aliphatic heterocycles. The number of aromatic nitrogens is 4. The first kappa shape index (κ1) is 12.4. The highest BCUT2D eigenvalue weighted by Gasteiger charge is 2.19. The molecule has 0 aromatic carbocycles. The van der Waals surface area contributed by atoms with Crippen molar-refractivity contribution in [1.82, 2.24) is 25.1 Å². The van der Waals surface area contributed by atoms with Crippen LogP contribution in [0.15, 0.2) is 0 Å². The molecule has 1 aliphatic rings. The van der Waals surface area contributed by atoms with E-state index in [0.717, 1.165) is 57.7 Å². The smallest absolute Gasteiger partial charge is 0.165 e. The van der Waals surface area contributed by atoms with Gasteiger partial charge in [0.15, 0.2) is 5.82 Å². The Morgan fingerprint density at radius 3 is 2.82 bits per heavy atom. The van der Waals surface area contributed by atoms with Crippen LogP contribution >= 0.6 is 0 Å². The molecule has 2 rings (SSSR count). The zero-order chi connectivity index (χ0) is 12.1. The summed E-state index contributed by atoms with van der Waals surface area (Å²) in [5.74, 6) is 0.940. The zero-order valence-corrected chi connectivity index (χ0v) is 10.4. The molecule has 1 aromatic rings. The SMILES string of the molecule is CCCCn1nnnc1CN1CCC(O)CC1. The number of piperidine rings is 1. The Kier molecular flexibility index (Phi) is 4.44. The molecule has 96 valence electrons. The van der Waals surface area contributed by atoms with Crippen LogP contribution in [0.1, 0.15) is 38.4 Å². The predicted octanol–water partition coefficient (Wildman–Crippen LogP) is 0.430. The first-order chi connectivity index (χ1) is 8.29. The van der Waals surface area contributed by atoms with Crippen LogP contribution in [0.25, 0.3) is 0 Å². The van der Waals surface area contributed by atoms with E-state index < -0.39 is 0 Å². The second-order valence-corrected chi connectivity index (χ2v) is 4.68. The summed E-state index contributed by atoms with van der Waals surface area (Å²) < 4.78 is 1.90. The van der Waals surface area contributed by atoms with Gasteiger partial charge < -0.3 is 5.11 Å². The molecule has 2 heterocycles. The van der Waals surface area contributed by atoms with Gasteiger partial charge in [-0.15, -0.1) is 5.10 Å². The third-order valence-electron chi connectivity index (χ3n) is 3.25. The van der Waals surface area contributed by atoms with Gasteiger partial charge in [-0.05, 0) is 29.7 Å². The number of aryl methyl sites for hydroxylation is 1. The molecular formula is C11H21N5O. The van der Waals surface area contributed by atoms with Crippen LogP contribution in [0.2, 0.25) is 0 Å². The van der Waals surface area contributed by atoms with Gasteiger partial charge in [0, 0.05) is 19.6 Å². The van der Waals surface area contributed by atoms with E-state index in [1.54, 1.807) is 0 Å². The van der Waals surface area contributed by atoms with Gasteiger partial charge in [0.1, 0.15) is 0 Å². The number of hydrogen-bond acceptors (Lipinski definition) is 5. The maximum absolute atomic E-state index is 9.45. The fourth-order valence-electron chi connectivity index (χ4n) is 2.10. The van der Waals surface area contributed by atoms with Gasteiger partial charge in [0.25, 0.3) is 0 Å². The summed E-state index contributed by atoms with van der Waals surface area (Å²) in [6, 6.07) is 0. The third kappa shape index (κ3) is 3.47. The highest BCUT2D eigenvalue weighted by molar-refractivity contribution is 4.83. The molecule has 0 spiro atoms. The largest absolute Gasteiger partial charge is 0.393 e. The lowest BCUT2D eigenvalue weighted by Gasteiger charge is -2.28. The van der Waals surface area contributed by atoms with Crippen LogP contribution in [0.4, 0.5) is 0 Å². The summed E-state index contributed by atoms with van der Waals surface area (Å²) in [4.78, 5) is 2.31. The van der Waals surface area contributed by atoms with Crippen molar-refractivity contribution in [2.45, 2.75) is 51.8 Å². The molecule has 0 bridgehead atoms. The van der Waals surface area contributed by atoms with E-state index in [2.05, 4.69) is 27.3 Å². The third-order valence-corrected chi connectivity index (χ3v) is 3.25. The van der Waals surface area contributed by atoms with E-state index in [1.807, 2.05) is 4.68 Å². The van der Waals surface area contributed by atoms with Crippen molar-refractivity contribution in [3.63, 3.8) is 0 Å². The molecule has 17 heavy (non-hydrogen) atoms. The Morgan fingerprint density at radius 2 is 2.12 bits per heavy atom. The highest BCUT2D eigenvalue weighted by Crippen LogP contribution is 2.12. The molecule has 1 saturated heterocycles. The number of aliphatic hydroxyl groups excluding tert-OH is 1. The molecule has 0 aliphatic carbocycles. The quantitative estimate of drug-likeness (QED) is 0.807. The molecular weight excluding hydrogens is 218 g/mol. The minimum Gasteiger partial charge on any atom is -0.393 e. The van der Waals surface area contributed by atoms with Gasteiger partial charge in [-0.1, -0.05) is 13.3 Å². The molecule has 6 nitrogen and oxygen atoms in total. The fourth-order valence-corrected chi connectivity index (χ4v) is 2.10. The van der Waals surface area contributed by atoms with E-state index in [-0.39, 0.29) is 6.10 Å². The summed E-state index contributed by atoms with van der Waals surface area (Å²) in [5, 5.41) is 21.3. The highest BCUT2D eigenvalue weighted by atomic mass is 16.3. The van der Waals surface area contributed by atoms with Gasteiger partial charge in [-0.3, -0.25) is 4.90 Å². The van der Waals surface area contributed by atoms with Crippen LogP contribution in [0.5, 0.6) is 0 Å². The second kappa shape index (κ2) is 6.07. The van der Waals surface area contributed by atoms with E-state index in [1.165, 1.54) is 0 Å². The average molecular weight is 239 g/mol. The minimum atomic E-state index is -0.123. The number of unbranched alkanes of at least 4 members (excludes halogenated alkanes) is 1. The lowest BCUT2D eigenvalue weighted by Crippen LogP contribution is -2.36. The zero-order valence-electron chi connectivity index (χ0n) is 10.4. The van der Waals surface area contributed by atoms with E-state index in [9.17, 15) is 5.11 Å². The molecule has 0 amide bonds. The van der Waals surface area contributed by atoms with Gasteiger partial charge in [0.05, 0.1) is 12.6 Å². The van der Waals surface area contributed by atoms with Gasteiger partial charge in [0.2, 0.25) is 0 Å². The van der Waals surface area contributed by atoms with Crippen LogP contribution in [0.3, 0.4) is 0 Å². The number of aliphatic hydroxyl groups is 1. The van der Waals surface area contributed by atoms with Crippen molar-refractivity contribution in [2.75, 3.05) is 13.1 Å². The van der Waals surface area contributed by atoms with Crippen molar-refractivity contribution >= 4 is 0 Å². The summed E-state index contributed by atoms with van der Waals surface area (Å²) in [7, 11) is 0. The number of likely N-dealkylation sites (tertiary alicyclic amines) is 1. The molecule has 0 saturated carbocycles. The Bertz CT molecular complexity index is 332. The standard InChI is InChI=1S/C11H21N5O/c1-2-3-6-16-11(12-13-14-16)9-15-7-4-10(17)5-8-15/h10,17H,2-9H2,1H3. The number of tetrazole rings is 1. The second-order valence-electron chi connectivity index (χ2n) is 4.68. The van der Waals surface area contributed by atoms with Crippen molar-refractivity contribution < 1.29 is 5.11 Å².